The number of halogens is 1. The molecule has 0 radical (unpaired) electrons. The molecule has 0 aromatic carbocycles. The minimum absolute atomic E-state index is 0.561. The van der Waals surface area contributed by atoms with Crippen molar-refractivity contribution in [1.82, 2.24) is 10.3 Å². The molecule has 3 nitrogen and oxygen atoms in total. The first-order chi connectivity index (χ1) is 6.83. The van der Waals surface area contributed by atoms with E-state index in [0.29, 0.717) is 5.92 Å². The Morgan fingerprint density at radius 2 is 2.50 bits per heavy atom. The third-order valence-electron chi connectivity index (χ3n) is 2.56. The molecule has 0 saturated carbocycles. The molecule has 0 spiro atoms. The predicted molar refractivity (Wildman–Crippen MR) is 63.7 cm³/mol. The second kappa shape index (κ2) is 4.44. The lowest BCUT2D eigenvalue weighted by atomic mass is 10.00. The van der Waals surface area contributed by atoms with Crippen LogP contribution in [0.3, 0.4) is 0 Å². The van der Waals surface area contributed by atoms with Crippen LogP contribution in [0.1, 0.15) is 17.9 Å². The van der Waals surface area contributed by atoms with Crippen LogP contribution in [-0.4, -0.2) is 25.2 Å². The number of aromatic nitrogens is 1. The summed E-state index contributed by atoms with van der Waals surface area (Å²) in [6.45, 7) is 2.14. The number of methoxy groups -OCH3 is 1. The van der Waals surface area contributed by atoms with Gasteiger partial charge in [-0.1, -0.05) is 0 Å². The number of hydrogen-bond donors (Lipinski definition) is 1. The van der Waals surface area contributed by atoms with Gasteiger partial charge < -0.3 is 10.1 Å². The Labute approximate surface area is 97.4 Å². The fourth-order valence-electron chi connectivity index (χ4n) is 1.87. The van der Waals surface area contributed by atoms with Crippen LogP contribution in [0.4, 0.5) is 0 Å². The van der Waals surface area contributed by atoms with E-state index in [9.17, 15) is 0 Å². The molecule has 1 unspecified atom stereocenters. The van der Waals surface area contributed by atoms with Gasteiger partial charge in [-0.3, -0.25) is 0 Å². The maximum atomic E-state index is 5.29. The highest BCUT2D eigenvalue weighted by atomic mass is 127. The van der Waals surface area contributed by atoms with Gasteiger partial charge in [-0.05, 0) is 41.6 Å². The minimum Gasteiger partial charge on any atom is -0.481 e. The molecule has 1 aliphatic heterocycles. The first-order valence-electron chi connectivity index (χ1n) is 4.72. The summed E-state index contributed by atoms with van der Waals surface area (Å²) in [4.78, 5) is 4.25. The van der Waals surface area contributed by atoms with Crippen molar-refractivity contribution >= 4 is 22.6 Å². The van der Waals surface area contributed by atoms with E-state index in [0.717, 1.165) is 19.0 Å². The van der Waals surface area contributed by atoms with Crippen LogP contribution < -0.4 is 10.1 Å². The lowest BCUT2D eigenvalue weighted by Crippen LogP contribution is -2.10. The van der Waals surface area contributed by atoms with Crippen molar-refractivity contribution in [2.45, 2.75) is 12.3 Å². The topological polar surface area (TPSA) is 34.1 Å². The Hall–Kier alpha value is -0.360. The molecular formula is C10H13IN2O. The fourth-order valence-corrected chi connectivity index (χ4v) is 2.70. The Bertz CT molecular complexity index is 324. The largest absolute Gasteiger partial charge is 0.481 e. The Morgan fingerprint density at radius 1 is 1.64 bits per heavy atom. The van der Waals surface area contributed by atoms with Crippen LogP contribution in [0.15, 0.2) is 12.3 Å². The van der Waals surface area contributed by atoms with Crippen molar-refractivity contribution in [3.8, 4) is 5.88 Å². The molecule has 1 aromatic rings. The summed E-state index contributed by atoms with van der Waals surface area (Å²) in [5, 5.41) is 3.36. The molecule has 2 heterocycles. The van der Waals surface area contributed by atoms with E-state index in [1.165, 1.54) is 15.6 Å². The van der Waals surface area contributed by atoms with E-state index >= 15 is 0 Å². The third-order valence-corrected chi connectivity index (χ3v) is 3.50. The van der Waals surface area contributed by atoms with Gasteiger partial charge in [0, 0.05) is 27.8 Å². The molecule has 1 N–H and O–H groups in total. The number of rotatable bonds is 2. The zero-order valence-corrected chi connectivity index (χ0v) is 10.2. The third kappa shape index (κ3) is 1.86. The van der Waals surface area contributed by atoms with Crippen LogP contribution in [0, 0.1) is 3.57 Å². The van der Waals surface area contributed by atoms with Gasteiger partial charge in [-0.2, -0.15) is 0 Å². The van der Waals surface area contributed by atoms with Crippen LogP contribution in [0.5, 0.6) is 5.88 Å². The van der Waals surface area contributed by atoms with E-state index in [4.69, 9.17) is 4.74 Å². The monoisotopic (exact) mass is 304 g/mol. The summed E-state index contributed by atoms with van der Waals surface area (Å²) in [6.07, 6.45) is 2.98. The highest BCUT2D eigenvalue weighted by molar-refractivity contribution is 14.1. The second-order valence-corrected chi connectivity index (χ2v) is 4.57. The van der Waals surface area contributed by atoms with Crippen molar-refractivity contribution in [2.75, 3.05) is 20.2 Å². The number of nitrogens with zero attached hydrogens (tertiary/aromatic N) is 1. The maximum Gasteiger partial charge on any atom is 0.217 e. The molecule has 1 aliphatic rings. The van der Waals surface area contributed by atoms with Gasteiger partial charge in [-0.15, -0.1) is 0 Å². The summed E-state index contributed by atoms with van der Waals surface area (Å²) in [5.74, 6) is 1.34. The van der Waals surface area contributed by atoms with E-state index in [2.05, 4.69) is 32.9 Å². The van der Waals surface area contributed by atoms with Crippen molar-refractivity contribution < 1.29 is 4.74 Å². The summed E-state index contributed by atoms with van der Waals surface area (Å²) in [7, 11) is 1.68. The highest BCUT2D eigenvalue weighted by Gasteiger charge is 2.23. The van der Waals surface area contributed by atoms with Gasteiger partial charge in [0.1, 0.15) is 0 Å². The number of pyridine rings is 1. The first kappa shape index (κ1) is 10.2. The number of nitrogens with one attached hydrogen (secondary N) is 1. The Morgan fingerprint density at radius 3 is 3.14 bits per heavy atom. The summed E-state index contributed by atoms with van der Waals surface area (Å²) in [6, 6.07) is 2.04. The van der Waals surface area contributed by atoms with Crippen LogP contribution >= 0.6 is 22.6 Å². The molecular weight excluding hydrogens is 291 g/mol. The SMILES string of the molecule is COc1nccc(I)c1C1CCNC1. The number of hydrogen-bond acceptors (Lipinski definition) is 3. The average Bonchev–Trinajstić information content (AvgIpc) is 2.70. The van der Waals surface area contributed by atoms with Crippen molar-refractivity contribution in [1.29, 1.82) is 0 Å². The summed E-state index contributed by atoms with van der Waals surface area (Å²) < 4.78 is 6.55. The Kier molecular flexibility index (Phi) is 3.22. The van der Waals surface area contributed by atoms with Crippen molar-refractivity contribution in [2.24, 2.45) is 0 Å². The molecule has 76 valence electrons. The van der Waals surface area contributed by atoms with E-state index in [-0.39, 0.29) is 0 Å². The predicted octanol–water partition coefficient (Wildman–Crippen LogP) is 1.77. The molecule has 0 aliphatic carbocycles. The zero-order valence-electron chi connectivity index (χ0n) is 8.09. The van der Waals surface area contributed by atoms with Crippen LogP contribution in [0.25, 0.3) is 0 Å². The van der Waals surface area contributed by atoms with Crippen molar-refractivity contribution in [3.63, 3.8) is 0 Å². The lowest BCUT2D eigenvalue weighted by molar-refractivity contribution is 0.388. The van der Waals surface area contributed by atoms with Gasteiger partial charge in [0.15, 0.2) is 0 Å². The average molecular weight is 304 g/mol. The smallest absolute Gasteiger partial charge is 0.217 e. The standard InChI is InChI=1S/C10H13IN2O/c1-14-10-9(7-2-4-12-6-7)8(11)3-5-13-10/h3,5,7,12H,2,4,6H2,1H3. The Balaban J connectivity index is 2.37. The van der Waals surface area contributed by atoms with Gasteiger partial charge in [-0.25, -0.2) is 4.98 Å². The maximum absolute atomic E-state index is 5.29. The molecule has 4 heteroatoms. The molecule has 2 rings (SSSR count). The summed E-state index contributed by atoms with van der Waals surface area (Å²) in [5.41, 5.74) is 1.26. The molecule has 1 aromatic heterocycles. The van der Waals surface area contributed by atoms with Gasteiger partial charge in [0.25, 0.3) is 0 Å². The van der Waals surface area contributed by atoms with Gasteiger partial charge in [0.05, 0.1) is 7.11 Å². The highest BCUT2D eigenvalue weighted by Crippen LogP contribution is 2.32. The molecule has 14 heavy (non-hydrogen) atoms. The first-order valence-corrected chi connectivity index (χ1v) is 5.80. The molecule has 1 fully saturated rings. The van der Waals surface area contributed by atoms with Gasteiger partial charge in [0.2, 0.25) is 5.88 Å². The molecule has 1 saturated heterocycles. The van der Waals surface area contributed by atoms with E-state index in [1.54, 1.807) is 13.3 Å². The summed E-state index contributed by atoms with van der Waals surface area (Å²) >= 11 is 2.35. The van der Waals surface area contributed by atoms with E-state index < -0.39 is 0 Å². The van der Waals surface area contributed by atoms with Crippen LogP contribution in [0.2, 0.25) is 0 Å². The van der Waals surface area contributed by atoms with Gasteiger partial charge >= 0.3 is 0 Å². The quantitative estimate of drug-likeness (QED) is 0.846. The van der Waals surface area contributed by atoms with Crippen LogP contribution in [-0.2, 0) is 0 Å². The second-order valence-electron chi connectivity index (χ2n) is 3.41. The zero-order chi connectivity index (χ0) is 9.97. The molecule has 1 atom stereocenters. The minimum atomic E-state index is 0.561. The molecule has 0 bridgehead atoms. The lowest BCUT2D eigenvalue weighted by Gasteiger charge is -2.14. The number of ether oxygens (including phenoxy) is 1. The fraction of sp³-hybridized carbons (Fsp3) is 0.500. The van der Waals surface area contributed by atoms with Crippen molar-refractivity contribution in [3.05, 3.63) is 21.4 Å². The normalized spacial score (nSPS) is 21.1. The van der Waals surface area contributed by atoms with E-state index in [1.807, 2.05) is 6.07 Å². The molecule has 0 amide bonds.